The molecule has 1 aromatic carbocycles. The summed E-state index contributed by atoms with van der Waals surface area (Å²) in [4.78, 5) is 41.9. The maximum atomic E-state index is 13.9. The summed E-state index contributed by atoms with van der Waals surface area (Å²) >= 11 is 4.61. The number of hydrogen-bond donors (Lipinski definition) is 0. The van der Waals surface area contributed by atoms with E-state index >= 15 is 0 Å². The molecule has 9 heteroatoms. The number of rotatable bonds is 2. The Bertz CT molecular complexity index is 2150. The molecule has 0 aliphatic rings. The van der Waals surface area contributed by atoms with Crippen LogP contribution in [-0.2, 0) is 12.8 Å². The molecule has 0 radical (unpaired) electrons. The van der Waals surface area contributed by atoms with Crippen LogP contribution in [0.2, 0.25) is 0 Å². The van der Waals surface area contributed by atoms with E-state index in [1.807, 2.05) is 0 Å². The van der Waals surface area contributed by atoms with Gasteiger partial charge in [-0.1, -0.05) is 13.8 Å². The van der Waals surface area contributed by atoms with Crippen molar-refractivity contribution in [1.82, 2.24) is 18.8 Å². The molecule has 0 saturated carbocycles. The maximum Gasteiger partial charge on any atom is 0.274 e. The van der Waals surface area contributed by atoms with Crippen LogP contribution in [0.1, 0.15) is 34.7 Å². The molecule has 0 aliphatic carbocycles. The van der Waals surface area contributed by atoms with E-state index in [0.29, 0.717) is 20.7 Å². The largest absolute Gasteiger partial charge is 0.274 e. The van der Waals surface area contributed by atoms with Crippen LogP contribution in [0.4, 0.5) is 0 Å². The fraction of sp³-hybridized carbons (Fsp3) is 0.231. The number of imidazole rings is 2. The fourth-order valence-corrected chi connectivity index (χ4v) is 9.35. The first-order chi connectivity index (χ1) is 16.9. The average molecular weight is 515 g/mol. The Kier molecular flexibility index (Phi) is 3.64. The predicted molar refractivity (Wildman–Crippen MR) is 148 cm³/mol. The van der Waals surface area contributed by atoms with Gasteiger partial charge in [0.25, 0.3) is 11.1 Å². The van der Waals surface area contributed by atoms with E-state index in [4.69, 9.17) is 9.97 Å². The SMILES string of the molecule is CCc1c(C)sc2nc3c4ccc5c6c(sc(c(=O)n3c12)c46)c(=O)n1c5nc2sc(C)c(CC)c21. The second kappa shape index (κ2) is 6.34. The summed E-state index contributed by atoms with van der Waals surface area (Å²) in [5.41, 5.74) is 5.38. The third-order valence-electron chi connectivity index (χ3n) is 7.46. The second-order valence-corrected chi connectivity index (χ2v) is 12.5. The first-order valence-corrected chi connectivity index (χ1v) is 14.1. The van der Waals surface area contributed by atoms with Gasteiger partial charge >= 0.3 is 0 Å². The minimum Gasteiger partial charge on any atom is -0.267 e. The van der Waals surface area contributed by atoms with Crippen LogP contribution in [0.3, 0.4) is 0 Å². The summed E-state index contributed by atoms with van der Waals surface area (Å²) in [5, 5.41) is 3.54. The summed E-state index contributed by atoms with van der Waals surface area (Å²) in [5.74, 6) is 0. The topological polar surface area (TPSA) is 68.7 Å². The van der Waals surface area contributed by atoms with Crippen LogP contribution in [0.25, 0.3) is 62.9 Å². The lowest BCUT2D eigenvalue weighted by Crippen LogP contribution is -2.12. The Morgan fingerprint density at radius 3 is 1.54 bits per heavy atom. The van der Waals surface area contributed by atoms with Crippen molar-refractivity contribution in [2.24, 2.45) is 0 Å². The number of thiophene rings is 3. The molecule has 0 bridgehead atoms. The van der Waals surface area contributed by atoms with Crippen LogP contribution >= 0.6 is 34.0 Å². The number of nitrogens with zero attached hydrogens (tertiary/aromatic N) is 4. The molecule has 8 aromatic rings. The molecular formula is C26H18N4O2S3. The molecule has 0 unspecified atom stereocenters. The lowest BCUT2D eigenvalue weighted by atomic mass is 10.0. The van der Waals surface area contributed by atoms with Crippen LogP contribution in [0.15, 0.2) is 21.7 Å². The van der Waals surface area contributed by atoms with Gasteiger partial charge in [0, 0.05) is 31.3 Å². The van der Waals surface area contributed by atoms with E-state index in [2.05, 4.69) is 39.8 Å². The van der Waals surface area contributed by atoms with E-state index < -0.39 is 0 Å². The Morgan fingerprint density at radius 2 is 1.14 bits per heavy atom. The minimum atomic E-state index is -0.0842. The van der Waals surface area contributed by atoms with Crippen molar-refractivity contribution in [3.63, 3.8) is 0 Å². The average Bonchev–Trinajstić information content (AvgIpc) is 3.61. The summed E-state index contributed by atoms with van der Waals surface area (Å²) in [6.07, 6.45) is 1.69. The van der Waals surface area contributed by atoms with Gasteiger partial charge in [0.15, 0.2) is 0 Å². The van der Waals surface area contributed by atoms with Gasteiger partial charge in [-0.05, 0) is 49.9 Å². The monoisotopic (exact) mass is 514 g/mol. The zero-order valence-electron chi connectivity index (χ0n) is 19.4. The van der Waals surface area contributed by atoms with Gasteiger partial charge in [0.1, 0.15) is 30.4 Å². The predicted octanol–water partition coefficient (Wildman–Crippen LogP) is 6.27. The zero-order chi connectivity index (χ0) is 23.9. The highest BCUT2D eigenvalue weighted by molar-refractivity contribution is 7.26. The van der Waals surface area contributed by atoms with Crippen molar-refractivity contribution in [1.29, 1.82) is 0 Å². The number of fused-ring (bicyclic) bond motifs is 8. The number of pyridine rings is 2. The standard InChI is InChI=1S/C26H18N4O2S3/c1-5-11-9(3)33-23-17(11)29-21(27-23)13-7-8-14-16-15(13)19(25(29)31)35-20(16)26(32)30-18-12(6-2)10(4)34-24(18)28-22(14)30/h7-8H,5-6H2,1-4H3. The highest BCUT2D eigenvalue weighted by Crippen LogP contribution is 2.43. The first kappa shape index (κ1) is 20.1. The molecule has 0 fully saturated rings. The van der Waals surface area contributed by atoms with E-state index in [9.17, 15) is 9.59 Å². The second-order valence-electron chi connectivity index (χ2n) is 9.11. The van der Waals surface area contributed by atoms with Crippen molar-refractivity contribution in [2.45, 2.75) is 40.5 Å². The molecule has 0 N–H and O–H groups in total. The van der Waals surface area contributed by atoms with Gasteiger partial charge in [0.2, 0.25) is 0 Å². The van der Waals surface area contributed by atoms with Crippen molar-refractivity contribution < 1.29 is 0 Å². The van der Waals surface area contributed by atoms with Gasteiger partial charge in [-0.15, -0.1) is 34.0 Å². The number of hydrogen-bond acceptors (Lipinski definition) is 7. The van der Waals surface area contributed by atoms with Gasteiger partial charge in [0.05, 0.1) is 11.0 Å². The molecule has 8 rings (SSSR count). The van der Waals surface area contributed by atoms with Crippen LogP contribution in [0.5, 0.6) is 0 Å². The molecule has 7 aromatic heterocycles. The smallest absolute Gasteiger partial charge is 0.267 e. The number of aryl methyl sites for hydroxylation is 4. The van der Waals surface area contributed by atoms with Gasteiger partial charge < -0.3 is 0 Å². The van der Waals surface area contributed by atoms with Crippen LogP contribution in [-0.4, -0.2) is 18.8 Å². The molecule has 7 heterocycles. The van der Waals surface area contributed by atoms with Gasteiger partial charge in [-0.2, -0.15) is 0 Å². The molecule has 0 amide bonds. The lowest BCUT2D eigenvalue weighted by Gasteiger charge is -2.06. The normalized spacial score (nSPS) is 13.0. The molecule has 0 spiro atoms. The van der Waals surface area contributed by atoms with Crippen LogP contribution in [0, 0.1) is 13.8 Å². The quantitative estimate of drug-likeness (QED) is 0.255. The number of benzene rings is 1. The van der Waals surface area contributed by atoms with Crippen LogP contribution < -0.4 is 11.1 Å². The Balaban J connectivity index is 1.66. The Labute approximate surface area is 209 Å². The molecule has 0 saturated heterocycles. The summed E-state index contributed by atoms with van der Waals surface area (Å²) in [6, 6.07) is 4.11. The van der Waals surface area contributed by atoms with Crippen molar-refractivity contribution in [3.05, 3.63) is 53.7 Å². The highest BCUT2D eigenvalue weighted by Gasteiger charge is 2.27. The van der Waals surface area contributed by atoms with Crippen molar-refractivity contribution in [2.75, 3.05) is 0 Å². The molecule has 35 heavy (non-hydrogen) atoms. The molecular weight excluding hydrogens is 497 g/mol. The molecule has 6 nitrogen and oxygen atoms in total. The van der Waals surface area contributed by atoms with Crippen molar-refractivity contribution >= 4 is 96.9 Å². The number of aromatic nitrogens is 4. The fourth-order valence-electron chi connectivity index (χ4n) is 5.96. The van der Waals surface area contributed by atoms with Crippen molar-refractivity contribution in [3.8, 4) is 0 Å². The van der Waals surface area contributed by atoms with E-state index in [1.165, 1.54) is 32.2 Å². The maximum absolute atomic E-state index is 13.9. The zero-order valence-corrected chi connectivity index (χ0v) is 21.8. The summed E-state index contributed by atoms with van der Waals surface area (Å²) in [7, 11) is 0. The molecule has 0 aliphatic heterocycles. The lowest BCUT2D eigenvalue weighted by molar-refractivity contribution is 1.11. The van der Waals surface area contributed by atoms with E-state index in [-0.39, 0.29) is 11.1 Å². The van der Waals surface area contributed by atoms with Gasteiger partial charge in [-0.25, -0.2) is 9.97 Å². The minimum absolute atomic E-state index is 0.0842. The van der Waals surface area contributed by atoms with E-state index in [1.54, 1.807) is 31.5 Å². The molecule has 0 atom stereocenters. The third kappa shape index (κ3) is 2.13. The Morgan fingerprint density at radius 1 is 0.714 bits per heavy atom. The van der Waals surface area contributed by atoms with Gasteiger partial charge in [-0.3, -0.25) is 18.4 Å². The first-order valence-electron chi connectivity index (χ1n) is 11.7. The molecule has 172 valence electrons. The Hall–Kier alpha value is -3.14. The summed E-state index contributed by atoms with van der Waals surface area (Å²) < 4.78 is 4.81. The van der Waals surface area contributed by atoms with E-state index in [0.717, 1.165) is 55.1 Å². The summed E-state index contributed by atoms with van der Waals surface area (Å²) in [6.45, 7) is 8.41. The third-order valence-corrected chi connectivity index (χ3v) is 10.7. The highest BCUT2D eigenvalue weighted by atomic mass is 32.1.